The van der Waals surface area contributed by atoms with Crippen molar-refractivity contribution in [3.05, 3.63) is 29.6 Å². The molecule has 19 heavy (non-hydrogen) atoms. The lowest BCUT2D eigenvalue weighted by atomic mass is 10.1. The minimum atomic E-state index is -0.173. The van der Waals surface area contributed by atoms with Crippen LogP contribution in [0, 0.1) is 5.82 Å². The van der Waals surface area contributed by atoms with E-state index in [2.05, 4.69) is 10.2 Å². The summed E-state index contributed by atoms with van der Waals surface area (Å²) in [5.41, 5.74) is 1.63. The minimum Gasteiger partial charge on any atom is -0.395 e. The second-order valence-electron chi connectivity index (χ2n) is 5.12. The molecule has 2 N–H and O–H groups in total. The fourth-order valence-corrected chi connectivity index (χ4v) is 2.99. The van der Waals surface area contributed by atoms with Crippen molar-refractivity contribution in [1.29, 1.82) is 0 Å². The predicted molar refractivity (Wildman–Crippen MR) is 75.9 cm³/mol. The number of rotatable bonds is 6. The highest BCUT2D eigenvalue weighted by Crippen LogP contribution is 2.31. The molecule has 0 atom stereocenters. The van der Waals surface area contributed by atoms with Crippen molar-refractivity contribution in [1.82, 2.24) is 5.32 Å². The van der Waals surface area contributed by atoms with E-state index in [0.29, 0.717) is 24.7 Å². The van der Waals surface area contributed by atoms with Gasteiger partial charge in [0, 0.05) is 30.4 Å². The van der Waals surface area contributed by atoms with Gasteiger partial charge in [-0.3, -0.25) is 0 Å². The van der Waals surface area contributed by atoms with Crippen molar-refractivity contribution in [2.45, 2.75) is 38.3 Å². The van der Waals surface area contributed by atoms with Crippen molar-refractivity contribution in [3.8, 4) is 0 Å². The molecular formula is C15H23FN2O. The van der Waals surface area contributed by atoms with E-state index in [1.54, 1.807) is 6.07 Å². The van der Waals surface area contributed by atoms with Gasteiger partial charge in [0.2, 0.25) is 0 Å². The standard InChI is InChI=1S/C15H23FN2O/c1-17-11-13-14(16)7-4-8-15(13)18(9-10-19)12-5-2-3-6-12/h4,7-8,12,17,19H,2-3,5-6,9-11H2,1H3. The third-order valence-electron chi connectivity index (χ3n) is 3.86. The highest BCUT2D eigenvalue weighted by molar-refractivity contribution is 5.55. The molecule has 0 amide bonds. The molecule has 1 saturated carbocycles. The Morgan fingerprint density at radius 2 is 2.11 bits per heavy atom. The average Bonchev–Trinajstić information content (AvgIpc) is 2.92. The van der Waals surface area contributed by atoms with Gasteiger partial charge in [-0.05, 0) is 32.0 Å². The summed E-state index contributed by atoms with van der Waals surface area (Å²) in [5, 5.41) is 12.3. The van der Waals surface area contributed by atoms with E-state index < -0.39 is 0 Å². The van der Waals surface area contributed by atoms with E-state index in [-0.39, 0.29) is 12.4 Å². The van der Waals surface area contributed by atoms with Gasteiger partial charge in [-0.2, -0.15) is 0 Å². The number of hydrogen-bond acceptors (Lipinski definition) is 3. The summed E-state index contributed by atoms with van der Waals surface area (Å²) in [5.74, 6) is -0.173. The molecule has 0 saturated heterocycles. The fourth-order valence-electron chi connectivity index (χ4n) is 2.99. The monoisotopic (exact) mass is 266 g/mol. The predicted octanol–water partition coefficient (Wildman–Crippen LogP) is 2.29. The van der Waals surface area contributed by atoms with E-state index >= 15 is 0 Å². The number of nitrogens with one attached hydrogen (secondary N) is 1. The first-order chi connectivity index (χ1) is 9.27. The quantitative estimate of drug-likeness (QED) is 0.829. The Labute approximate surface area is 114 Å². The maximum absolute atomic E-state index is 14.0. The van der Waals surface area contributed by atoms with Crippen molar-refractivity contribution in [3.63, 3.8) is 0 Å². The second kappa shape index (κ2) is 6.87. The van der Waals surface area contributed by atoms with Crippen molar-refractivity contribution >= 4 is 5.69 Å². The average molecular weight is 266 g/mol. The first-order valence-electron chi connectivity index (χ1n) is 7.07. The van der Waals surface area contributed by atoms with Crippen molar-refractivity contribution in [2.75, 3.05) is 25.1 Å². The first kappa shape index (κ1) is 14.3. The number of anilines is 1. The number of nitrogens with zero attached hydrogens (tertiary/aromatic N) is 1. The van der Waals surface area contributed by atoms with Crippen LogP contribution in [0.4, 0.5) is 10.1 Å². The molecule has 0 unspecified atom stereocenters. The number of aliphatic hydroxyl groups excluding tert-OH is 1. The van der Waals surface area contributed by atoms with Crippen LogP contribution in [0.25, 0.3) is 0 Å². The second-order valence-corrected chi connectivity index (χ2v) is 5.12. The van der Waals surface area contributed by atoms with Crippen LogP contribution in [0.2, 0.25) is 0 Å². The van der Waals surface area contributed by atoms with Gasteiger partial charge >= 0.3 is 0 Å². The third kappa shape index (κ3) is 3.25. The molecule has 1 aromatic carbocycles. The number of benzene rings is 1. The maximum Gasteiger partial charge on any atom is 0.129 e. The summed E-state index contributed by atoms with van der Waals surface area (Å²) in [7, 11) is 1.82. The lowest BCUT2D eigenvalue weighted by Crippen LogP contribution is -2.36. The zero-order chi connectivity index (χ0) is 13.7. The summed E-state index contributed by atoms with van der Waals surface area (Å²) in [4.78, 5) is 2.18. The largest absolute Gasteiger partial charge is 0.395 e. The summed E-state index contributed by atoms with van der Waals surface area (Å²) >= 11 is 0. The van der Waals surface area contributed by atoms with E-state index in [1.165, 1.54) is 18.9 Å². The molecule has 1 aliphatic rings. The molecule has 106 valence electrons. The normalized spacial score (nSPS) is 15.9. The molecule has 0 aliphatic heterocycles. The molecule has 0 heterocycles. The van der Waals surface area contributed by atoms with Gasteiger partial charge in [0.05, 0.1) is 6.61 Å². The number of hydrogen-bond donors (Lipinski definition) is 2. The maximum atomic E-state index is 14.0. The Bertz CT molecular complexity index is 405. The van der Waals surface area contributed by atoms with Gasteiger partial charge < -0.3 is 15.3 Å². The summed E-state index contributed by atoms with van der Waals surface area (Å²) < 4.78 is 14.0. The van der Waals surface area contributed by atoms with Gasteiger partial charge in [-0.1, -0.05) is 18.9 Å². The molecular weight excluding hydrogens is 243 g/mol. The first-order valence-corrected chi connectivity index (χ1v) is 7.07. The van der Waals surface area contributed by atoms with Crippen LogP contribution >= 0.6 is 0 Å². The Balaban J connectivity index is 2.31. The highest BCUT2D eigenvalue weighted by atomic mass is 19.1. The van der Waals surface area contributed by atoms with Gasteiger partial charge in [0.15, 0.2) is 0 Å². The summed E-state index contributed by atoms with van der Waals surface area (Å²) in [6.45, 7) is 1.19. The molecule has 0 aromatic heterocycles. The molecule has 1 aromatic rings. The van der Waals surface area contributed by atoms with E-state index in [0.717, 1.165) is 18.5 Å². The summed E-state index contributed by atoms with van der Waals surface area (Å²) in [6.07, 6.45) is 4.72. The molecule has 2 rings (SSSR count). The van der Waals surface area contributed by atoms with E-state index in [9.17, 15) is 9.50 Å². The highest BCUT2D eigenvalue weighted by Gasteiger charge is 2.24. The molecule has 1 aliphatic carbocycles. The van der Waals surface area contributed by atoms with Crippen molar-refractivity contribution < 1.29 is 9.50 Å². The Morgan fingerprint density at radius 3 is 2.74 bits per heavy atom. The Hall–Kier alpha value is -1.13. The van der Waals surface area contributed by atoms with Gasteiger partial charge in [0.25, 0.3) is 0 Å². The Morgan fingerprint density at radius 1 is 1.37 bits per heavy atom. The van der Waals surface area contributed by atoms with Gasteiger partial charge in [-0.15, -0.1) is 0 Å². The van der Waals surface area contributed by atoms with Gasteiger partial charge in [-0.25, -0.2) is 4.39 Å². The zero-order valence-corrected chi connectivity index (χ0v) is 11.5. The smallest absolute Gasteiger partial charge is 0.129 e. The van der Waals surface area contributed by atoms with Gasteiger partial charge in [0.1, 0.15) is 5.82 Å². The van der Waals surface area contributed by atoms with Crippen LogP contribution in [0.15, 0.2) is 18.2 Å². The van der Waals surface area contributed by atoms with Crippen LogP contribution in [0.3, 0.4) is 0 Å². The summed E-state index contributed by atoms with van der Waals surface area (Å²) in [6, 6.07) is 5.65. The van der Waals surface area contributed by atoms with Crippen LogP contribution in [-0.2, 0) is 6.54 Å². The van der Waals surface area contributed by atoms with Crippen LogP contribution in [0.1, 0.15) is 31.2 Å². The third-order valence-corrected chi connectivity index (χ3v) is 3.86. The minimum absolute atomic E-state index is 0.103. The molecule has 3 nitrogen and oxygen atoms in total. The number of aliphatic hydroxyl groups is 1. The molecule has 1 fully saturated rings. The fraction of sp³-hybridized carbons (Fsp3) is 0.600. The topological polar surface area (TPSA) is 35.5 Å². The number of halogens is 1. The van der Waals surface area contributed by atoms with Crippen LogP contribution in [0.5, 0.6) is 0 Å². The molecule has 0 bridgehead atoms. The van der Waals surface area contributed by atoms with Crippen LogP contribution < -0.4 is 10.2 Å². The van der Waals surface area contributed by atoms with Crippen molar-refractivity contribution in [2.24, 2.45) is 0 Å². The molecule has 0 radical (unpaired) electrons. The lowest BCUT2D eigenvalue weighted by Gasteiger charge is -2.32. The van der Waals surface area contributed by atoms with E-state index in [1.807, 2.05) is 13.1 Å². The lowest BCUT2D eigenvalue weighted by molar-refractivity contribution is 0.297. The Kier molecular flexibility index (Phi) is 5.16. The van der Waals surface area contributed by atoms with Crippen LogP contribution in [-0.4, -0.2) is 31.3 Å². The zero-order valence-electron chi connectivity index (χ0n) is 11.5. The van der Waals surface area contributed by atoms with E-state index in [4.69, 9.17) is 0 Å². The molecule has 0 spiro atoms. The SMILES string of the molecule is CNCc1c(F)cccc1N(CCO)C1CCCC1. The molecule has 4 heteroatoms.